The minimum Gasteiger partial charge on any atom is -0.453 e. The number of nitrogens with zero attached hydrogens (tertiary/aromatic N) is 4. The van der Waals surface area contributed by atoms with E-state index in [-0.39, 0.29) is 23.9 Å². The van der Waals surface area contributed by atoms with Gasteiger partial charge in [0.25, 0.3) is 11.8 Å². The summed E-state index contributed by atoms with van der Waals surface area (Å²) in [6.45, 7) is 10.1. The Kier molecular flexibility index (Phi) is 17.7. The predicted octanol–water partition coefficient (Wildman–Crippen LogP) is 13.2. The smallest absolute Gasteiger partial charge is 0.407 e. The molecule has 4 amide bonds. The molecule has 0 unspecified atom stereocenters. The highest BCUT2D eigenvalue weighted by atomic mass is 16.5. The number of hydrogen-bond acceptors (Lipinski definition) is 8. The molecular weight excluding hydrogens is 977 g/mol. The van der Waals surface area contributed by atoms with Gasteiger partial charge in [0.05, 0.1) is 50.1 Å². The first-order valence-electron chi connectivity index (χ1n) is 27.4. The summed E-state index contributed by atoms with van der Waals surface area (Å²) >= 11 is 0. The Labute approximate surface area is 458 Å². The molecule has 4 aromatic carbocycles. The van der Waals surface area contributed by atoms with Crippen LogP contribution in [0.15, 0.2) is 157 Å². The zero-order chi connectivity index (χ0) is 54.7. The Hall–Kier alpha value is -8.26. The fraction of sp³-hybridized carbons (Fsp3) is 0.344. The third-order valence-electron chi connectivity index (χ3n) is 15.8. The molecule has 4 N–H and O–H groups in total. The summed E-state index contributed by atoms with van der Waals surface area (Å²) in [7, 11) is 2.59. The summed E-state index contributed by atoms with van der Waals surface area (Å²) in [5.41, 5.74) is 12.7. The summed E-state index contributed by atoms with van der Waals surface area (Å²) in [4.78, 5) is 73.2. The lowest BCUT2D eigenvalue weighted by Gasteiger charge is -2.28. The summed E-state index contributed by atoms with van der Waals surface area (Å²) < 4.78 is 9.76. The highest BCUT2D eigenvalue weighted by Crippen LogP contribution is 2.38. The molecule has 78 heavy (non-hydrogen) atoms. The van der Waals surface area contributed by atoms with Gasteiger partial charge in [0.15, 0.2) is 0 Å². The molecule has 14 nitrogen and oxygen atoms in total. The number of nitrogens with one attached hydrogen (secondary N) is 4. The third kappa shape index (κ3) is 12.6. The van der Waals surface area contributed by atoms with Crippen LogP contribution in [0.4, 0.5) is 9.59 Å². The molecule has 4 heterocycles. The standard InChI is InChI=1S/C64H72N8O6/c1-7-44-25-27-45(43(4)46-28-32-48(33-29-46)53-39-65-59(67-53)55-20-14-36-71(55)61(73)57(69-63(75)77-5)50-16-10-8-11-17-50)26-23-41(2)22-24-42(3)52(38-44)47-30-34-49(35-31-47)54-40-66-60(68-54)56-21-15-37-72(56)62(74)58(70-64(76)78-6)51-18-12-9-13-19-51/h7-13,16-19,23,26,28-35,38-42,55-58H,14-15,20-22,24-25,27,36-37H2,1-6H3,(H,65,67)(H,66,68)(H,69,75)(H,70,76)/b26-23-,44-7-,45-43-,52-38+/t41-,42-,55+,56+,57+,58+/m1/s1. The number of likely N-dealkylation sites (tertiary alicyclic amines) is 2. The van der Waals surface area contributed by atoms with Crippen molar-refractivity contribution in [1.82, 2.24) is 40.4 Å². The first kappa shape index (κ1) is 54.5. The number of ether oxygens (including phenoxy) is 2. The molecule has 404 valence electrons. The number of H-pyrrole nitrogens is 2. The maximum atomic E-state index is 14.1. The van der Waals surface area contributed by atoms with Gasteiger partial charge in [-0.05, 0) is 127 Å². The topological polar surface area (TPSA) is 175 Å². The number of benzene rings is 4. The third-order valence-corrected chi connectivity index (χ3v) is 15.8. The van der Waals surface area contributed by atoms with Crippen molar-refractivity contribution in [2.45, 2.75) is 103 Å². The van der Waals surface area contributed by atoms with Gasteiger partial charge in [0, 0.05) is 13.1 Å². The molecule has 9 rings (SSSR count). The van der Waals surface area contributed by atoms with E-state index in [0.29, 0.717) is 36.1 Å². The van der Waals surface area contributed by atoms with Crippen LogP contribution in [0.1, 0.15) is 137 Å². The fourth-order valence-corrected chi connectivity index (χ4v) is 11.1. The van der Waals surface area contributed by atoms with Crippen molar-refractivity contribution in [3.63, 3.8) is 0 Å². The molecule has 0 saturated carbocycles. The molecule has 14 heteroatoms. The van der Waals surface area contributed by atoms with Crippen LogP contribution in [0.5, 0.6) is 0 Å². The summed E-state index contributed by atoms with van der Waals surface area (Å²) in [5.74, 6) is 1.77. The van der Waals surface area contributed by atoms with Gasteiger partial charge in [-0.2, -0.15) is 0 Å². The van der Waals surface area contributed by atoms with Crippen molar-refractivity contribution in [2.75, 3.05) is 27.3 Å². The Morgan fingerprint density at radius 1 is 0.641 bits per heavy atom. The zero-order valence-corrected chi connectivity index (χ0v) is 45.6. The number of methoxy groups -OCH3 is 2. The van der Waals surface area contributed by atoms with Crippen molar-refractivity contribution in [1.29, 1.82) is 0 Å². The number of hydrogen-bond donors (Lipinski definition) is 4. The van der Waals surface area contributed by atoms with E-state index in [1.54, 1.807) is 0 Å². The zero-order valence-electron chi connectivity index (χ0n) is 45.6. The number of carbonyl (C=O) groups is 4. The molecule has 2 fully saturated rings. The second-order valence-corrected chi connectivity index (χ2v) is 20.8. The maximum absolute atomic E-state index is 14.1. The molecule has 6 atom stereocenters. The minimum atomic E-state index is -0.882. The second kappa shape index (κ2) is 25.3. The fourth-order valence-electron chi connectivity index (χ4n) is 11.1. The molecule has 3 aliphatic rings. The average molecular weight is 1050 g/mol. The lowest BCUT2D eigenvalue weighted by atomic mass is 9.84. The lowest BCUT2D eigenvalue weighted by Crippen LogP contribution is -2.42. The second-order valence-electron chi connectivity index (χ2n) is 20.8. The Morgan fingerprint density at radius 3 is 1.62 bits per heavy atom. The van der Waals surface area contributed by atoms with Crippen LogP contribution in [0, 0.1) is 11.8 Å². The molecule has 0 spiro atoms. The number of imidazole rings is 2. The number of alkyl carbamates (subject to hydrolysis) is 2. The molecular formula is C64H72N8O6. The first-order valence-corrected chi connectivity index (χ1v) is 27.4. The van der Waals surface area contributed by atoms with Crippen LogP contribution in [0.25, 0.3) is 33.7 Å². The van der Waals surface area contributed by atoms with Gasteiger partial charge in [-0.15, -0.1) is 0 Å². The van der Waals surface area contributed by atoms with Gasteiger partial charge in [-0.3, -0.25) is 9.59 Å². The highest BCUT2D eigenvalue weighted by molar-refractivity contribution is 5.88. The Balaban J connectivity index is 0.879. The van der Waals surface area contributed by atoms with Gasteiger partial charge >= 0.3 is 12.2 Å². The van der Waals surface area contributed by atoms with E-state index in [1.165, 1.54) is 42.1 Å². The van der Waals surface area contributed by atoms with Crippen molar-refractivity contribution in [2.24, 2.45) is 11.8 Å². The maximum Gasteiger partial charge on any atom is 0.407 e. The average Bonchev–Trinajstić information content (AvgIpc) is 4.41. The van der Waals surface area contributed by atoms with Crippen LogP contribution in [-0.2, 0) is 19.1 Å². The van der Waals surface area contributed by atoms with Crippen LogP contribution < -0.4 is 10.6 Å². The molecule has 6 aromatic rings. The van der Waals surface area contributed by atoms with Gasteiger partial charge in [0.1, 0.15) is 23.7 Å². The van der Waals surface area contributed by atoms with Crippen molar-refractivity contribution >= 4 is 35.1 Å². The SMILES string of the molecule is C/C=C1\C=C(\c2ccc(-c3cnc([C@@H]4CCCN4C(=O)[C@@H](NC(=O)OC)c4ccccc4)[nH]3)cc2)[C@H](C)CC[C@@H](C)/C=C\C(=C(/C)c2ccc(-c3cnc([C@@H]4CCCN4C(=O)[C@@H](NC(=O)OC)c4ccccc4)[nH]3)cc2)CC1. The van der Waals surface area contributed by atoms with E-state index in [2.05, 4.69) is 121 Å². The summed E-state index contributed by atoms with van der Waals surface area (Å²) in [5, 5.41) is 5.49. The molecule has 2 saturated heterocycles. The first-order chi connectivity index (χ1) is 37.9. The minimum absolute atomic E-state index is 0.200. The quantitative estimate of drug-likeness (QED) is 0.0937. The van der Waals surface area contributed by atoms with Crippen LogP contribution in [0.2, 0.25) is 0 Å². The van der Waals surface area contributed by atoms with Crippen molar-refractivity contribution in [3.05, 3.63) is 191 Å². The van der Waals surface area contributed by atoms with Crippen LogP contribution in [0.3, 0.4) is 0 Å². The van der Waals surface area contributed by atoms with Crippen molar-refractivity contribution in [3.8, 4) is 22.5 Å². The van der Waals surface area contributed by atoms with E-state index >= 15 is 0 Å². The number of allylic oxidation sites excluding steroid dienone is 8. The summed E-state index contributed by atoms with van der Waals surface area (Å²) in [6, 6.07) is 33.6. The highest BCUT2D eigenvalue weighted by Gasteiger charge is 2.39. The van der Waals surface area contributed by atoms with Gasteiger partial charge in [-0.1, -0.05) is 153 Å². The number of amides is 4. The number of aromatic amines is 2. The number of rotatable bonds is 12. The molecule has 2 aromatic heterocycles. The normalized spacial score (nSPS) is 22.0. The van der Waals surface area contributed by atoms with Crippen LogP contribution >= 0.6 is 0 Å². The van der Waals surface area contributed by atoms with E-state index in [1.807, 2.05) is 82.9 Å². The van der Waals surface area contributed by atoms with E-state index in [4.69, 9.17) is 19.4 Å². The van der Waals surface area contributed by atoms with Crippen LogP contribution in [-0.4, -0.2) is 81.0 Å². The van der Waals surface area contributed by atoms with Crippen molar-refractivity contribution < 1.29 is 28.7 Å². The molecule has 2 aliphatic heterocycles. The number of carbonyl (C=O) groups excluding carboxylic acids is 4. The summed E-state index contributed by atoms with van der Waals surface area (Å²) in [6.07, 6.45) is 18.8. The predicted molar refractivity (Wildman–Crippen MR) is 305 cm³/mol. The Bertz CT molecular complexity index is 3170. The Morgan fingerprint density at radius 2 is 1.13 bits per heavy atom. The van der Waals surface area contributed by atoms with Gasteiger partial charge in [0.2, 0.25) is 0 Å². The number of aromatic nitrogens is 4. The molecule has 0 radical (unpaired) electrons. The molecule has 0 bridgehead atoms. The van der Waals surface area contributed by atoms with Gasteiger partial charge in [-0.25, -0.2) is 19.6 Å². The monoisotopic (exact) mass is 1050 g/mol. The largest absolute Gasteiger partial charge is 0.453 e. The van der Waals surface area contributed by atoms with Gasteiger partial charge < -0.3 is 39.9 Å². The van der Waals surface area contributed by atoms with E-state index in [9.17, 15) is 19.2 Å². The van der Waals surface area contributed by atoms with E-state index in [0.717, 1.165) is 91.1 Å². The van der Waals surface area contributed by atoms with E-state index < -0.39 is 24.3 Å². The lowest BCUT2D eigenvalue weighted by molar-refractivity contribution is -0.135. The molecule has 1 aliphatic carbocycles.